The van der Waals surface area contributed by atoms with Crippen LogP contribution in [0.25, 0.3) is 0 Å². The number of piperidine rings is 1. The summed E-state index contributed by atoms with van der Waals surface area (Å²) in [4.78, 5) is 9.46. The SMILES string of the molecule is CN=C(NCC(C(C)C)N1CCOCC1)N1CCC(Oc2ccccc2)CC1.I. The van der Waals surface area contributed by atoms with E-state index >= 15 is 0 Å². The molecule has 0 saturated carbocycles. The Morgan fingerprint density at radius 2 is 1.79 bits per heavy atom. The first-order valence-corrected chi connectivity index (χ1v) is 10.7. The number of likely N-dealkylation sites (tertiary alicyclic amines) is 1. The normalized spacial score (nSPS) is 20.3. The number of halogens is 1. The van der Waals surface area contributed by atoms with Crippen LogP contribution in [-0.2, 0) is 4.74 Å². The number of hydrogen-bond donors (Lipinski definition) is 1. The highest BCUT2D eigenvalue weighted by atomic mass is 127. The Balaban J connectivity index is 0.00000300. The third-order valence-corrected chi connectivity index (χ3v) is 5.75. The third-order valence-electron chi connectivity index (χ3n) is 5.75. The lowest BCUT2D eigenvalue weighted by Crippen LogP contribution is -2.54. The number of morpholine rings is 1. The van der Waals surface area contributed by atoms with E-state index in [0.717, 1.165) is 70.5 Å². The summed E-state index contributed by atoms with van der Waals surface area (Å²) in [5.41, 5.74) is 0. The molecule has 1 unspecified atom stereocenters. The van der Waals surface area contributed by atoms with E-state index in [1.165, 1.54) is 0 Å². The second kappa shape index (κ2) is 12.6. The Morgan fingerprint density at radius 1 is 1.14 bits per heavy atom. The van der Waals surface area contributed by atoms with Crippen molar-refractivity contribution in [2.75, 3.05) is 53.0 Å². The molecule has 0 radical (unpaired) electrons. The average molecular weight is 516 g/mol. The second-order valence-corrected chi connectivity index (χ2v) is 8.01. The minimum atomic E-state index is 0. The van der Waals surface area contributed by atoms with Crippen molar-refractivity contribution in [2.45, 2.75) is 38.8 Å². The molecule has 7 heteroatoms. The molecule has 2 heterocycles. The van der Waals surface area contributed by atoms with Gasteiger partial charge in [-0.1, -0.05) is 32.0 Å². The molecule has 1 aromatic rings. The number of nitrogens with zero attached hydrogens (tertiary/aromatic N) is 3. The standard InChI is InChI=1S/C22H36N4O2.HI/c1-18(2)21(25-13-15-27-16-14-25)17-24-22(23-3)26-11-9-20(10-12-26)28-19-7-5-4-6-8-19;/h4-8,18,20-21H,9-17H2,1-3H3,(H,23,24);1H. The van der Waals surface area contributed by atoms with E-state index in [1.807, 2.05) is 37.4 Å². The van der Waals surface area contributed by atoms with Crippen LogP contribution in [0.1, 0.15) is 26.7 Å². The Hall–Kier alpha value is -1.06. The number of nitrogens with one attached hydrogen (secondary N) is 1. The van der Waals surface area contributed by atoms with Gasteiger partial charge in [-0.25, -0.2) is 0 Å². The predicted octanol–water partition coefficient (Wildman–Crippen LogP) is 3.08. The highest BCUT2D eigenvalue weighted by Crippen LogP contribution is 2.19. The van der Waals surface area contributed by atoms with Crippen LogP contribution in [0.2, 0.25) is 0 Å². The largest absolute Gasteiger partial charge is 0.490 e. The summed E-state index contributed by atoms with van der Waals surface area (Å²) in [6.07, 6.45) is 2.33. The fourth-order valence-electron chi connectivity index (χ4n) is 4.10. The summed E-state index contributed by atoms with van der Waals surface area (Å²) in [6.45, 7) is 11.2. The molecule has 0 aliphatic carbocycles. The topological polar surface area (TPSA) is 49.3 Å². The van der Waals surface area contributed by atoms with Gasteiger partial charge in [0.1, 0.15) is 11.9 Å². The van der Waals surface area contributed by atoms with E-state index in [9.17, 15) is 0 Å². The van der Waals surface area contributed by atoms with E-state index in [-0.39, 0.29) is 30.1 Å². The van der Waals surface area contributed by atoms with Crippen LogP contribution in [0.5, 0.6) is 5.75 Å². The molecule has 1 N–H and O–H groups in total. The van der Waals surface area contributed by atoms with Crippen LogP contribution in [0, 0.1) is 5.92 Å². The number of ether oxygens (including phenoxy) is 2. The van der Waals surface area contributed by atoms with Gasteiger partial charge in [0, 0.05) is 58.7 Å². The van der Waals surface area contributed by atoms with Gasteiger partial charge in [-0.2, -0.15) is 0 Å². The molecule has 1 atom stereocenters. The first-order valence-electron chi connectivity index (χ1n) is 10.7. The minimum absolute atomic E-state index is 0. The van der Waals surface area contributed by atoms with Crippen LogP contribution in [0.3, 0.4) is 0 Å². The predicted molar refractivity (Wildman–Crippen MR) is 129 cm³/mol. The van der Waals surface area contributed by atoms with Gasteiger partial charge >= 0.3 is 0 Å². The minimum Gasteiger partial charge on any atom is -0.490 e. The van der Waals surface area contributed by atoms with Gasteiger partial charge in [-0.15, -0.1) is 24.0 Å². The zero-order valence-electron chi connectivity index (χ0n) is 18.0. The van der Waals surface area contributed by atoms with E-state index in [4.69, 9.17) is 9.47 Å². The highest BCUT2D eigenvalue weighted by molar-refractivity contribution is 14.0. The maximum Gasteiger partial charge on any atom is 0.193 e. The molecular formula is C22H37IN4O2. The van der Waals surface area contributed by atoms with Crippen LogP contribution in [0.15, 0.2) is 35.3 Å². The molecule has 6 nitrogen and oxygen atoms in total. The van der Waals surface area contributed by atoms with E-state index < -0.39 is 0 Å². The average Bonchev–Trinajstić information content (AvgIpc) is 2.73. The Bertz CT molecular complexity index is 600. The Kier molecular flexibility index (Phi) is 10.5. The van der Waals surface area contributed by atoms with Gasteiger partial charge in [0.05, 0.1) is 13.2 Å². The number of aliphatic imine (C=N–C) groups is 1. The lowest BCUT2D eigenvalue weighted by atomic mass is 10.0. The number of hydrogen-bond acceptors (Lipinski definition) is 4. The zero-order chi connectivity index (χ0) is 19.8. The quantitative estimate of drug-likeness (QED) is 0.358. The maximum atomic E-state index is 6.12. The van der Waals surface area contributed by atoms with Crippen molar-refractivity contribution in [1.82, 2.24) is 15.1 Å². The molecule has 164 valence electrons. The van der Waals surface area contributed by atoms with Crippen LogP contribution >= 0.6 is 24.0 Å². The monoisotopic (exact) mass is 516 g/mol. The van der Waals surface area contributed by atoms with Gasteiger partial charge < -0.3 is 19.7 Å². The first-order chi connectivity index (χ1) is 13.7. The summed E-state index contributed by atoms with van der Waals surface area (Å²) in [5, 5.41) is 3.64. The lowest BCUT2D eigenvalue weighted by molar-refractivity contribution is 0.00734. The molecule has 1 aromatic carbocycles. The number of rotatable bonds is 6. The number of benzene rings is 1. The molecule has 2 aliphatic heterocycles. The number of para-hydroxylation sites is 1. The molecule has 0 amide bonds. The first kappa shape index (κ1) is 24.2. The molecule has 2 saturated heterocycles. The summed E-state index contributed by atoms with van der Waals surface area (Å²) < 4.78 is 11.6. The molecule has 29 heavy (non-hydrogen) atoms. The smallest absolute Gasteiger partial charge is 0.193 e. The van der Waals surface area contributed by atoms with Gasteiger partial charge in [0.25, 0.3) is 0 Å². The fourth-order valence-corrected chi connectivity index (χ4v) is 4.10. The van der Waals surface area contributed by atoms with Crippen molar-refractivity contribution < 1.29 is 9.47 Å². The highest BCUT2D eigenvalue weighted by Gasteiger charge is 2.26. The van der Waals surface area contributed by atoms with Gasteiger partial charge in [0.2, 0.25) is 0 Å². The van der Waals surface area contributed by atoms with E-state index in [1.54, 1.807) is 0 Å². The third kappa shape index (κ3) is 7.29. The zero-order valence-corrected chi connectivity index (χ0v) is 20.4. The molecule has 0 spiro atoms. The molecule has 2 fully saturated rings. The van der Waals surface area contributed by atoms with E-state index in [2.05, 4.69) is 34.0 Å². The molecule has 3 rings (SSSR count). The molecular weight excluding hydrogens is 479 g/mol. The second-order valence-electron chi connectivity index (χ2n) is 8.01. The fraction of sp³-hybridized carbons (Fsp3) is 0.682. The van der Waals surface area contributed by atoms with Crippen molar-refractivity contribution in [3.8, 4) is 5.75 Å². The van der Waals surface area contributed by atoms with Crippen molar-refractivity contribution >= 4 is 29.9 Å². The van der Waals surface area contributed by atoms with Crippen molar-refractivity contribution in [3.63, 3.8) is 0 Å². The van der Waals surface area contributed by atoms with Crippen molar-refractivity contribution in [3.05, 3.63) is 30.3 Å². The van der Waals surface area contributed by atoms with Gasteiger partial charge in [0.15, 0.2) is 5.96 Å². The molecule has 0 aromatic heterocycles. The summed E-state index contributed by atoms with van der Waals surface area (Å²) in [6, 6.07) is 10.6. The van der Waals surface area contributed by atoms with Crippen molar-refractivity contribution in [2.24, 2.45) is 10.9 Å². The Labute approximate surface area is 193 Å². The molecule has 2 aliphatic rings. The Morgan fingerprint density at radius 3 is 2.38 bits per heavy atom. The van der Waals surface area contributed by atoms with Gasteiger partial charge in [-0.05, 0) is 18.1 Å². The maximum absolute atomic E-state index is 6.12. The summed E-state index contributed by atoms with van der Waals surface area (Å²) >= 11 is 0. The van der Waals surface area contributed by atoms with E-state index in [0.29, 0.717) is 12.0 Å². The summed E-state index contributed by atoms with van der Waals surface area (Å²) in [5.74, 6) is 2.57. The van der Waals surface area contributed by atoms with Crippen LogP contribution < -0.4 is 10.1 Å². The lowest BCUT2D eigenvalue weighted by Gasteiger charge is -2.39. The van der Waals surface area contributed by atoms with Crippen LogP contribution in [0.4, 0.5) is 0 Å². The summed E-state index contributed by atoms with van der Waals surface area (Å²) in [7, 11) is 1.88. The van der Waals surface area contributed by atoms with Crippen LogP contribution in [-0.4, -0.2) is 80.9 Å². The number of guanidine groups is 1. The van der Waals surface area contributed by atoms with Crippen molar-refractivity contribution in [1.29, 1.82) is 0 Å². The van der Waals surface area contributed by atoms with Gasteiger partial charge in [-0.3, -0.25) is 9.89 Å². The molecule has 0 bridgehead atoms.